The van der Waals surface area contributed by atoms with Gasteiger partial charge in [-0.25, -0.2) is 0 Å². The van der Waals surface area contributed by atoms with Crippen molar-refractivity contribution in [2.75, 3.05) is 14.1 Å². The fourth-order valence-electron chi connectivity index (χ4n) is 2.97. The first-order valence-electron chi connectivity index (χ1n) is 8.27. The van der Waals surface area contributed by atoms with Gasteiger partial charge in [0.05, 0.1) is 0 Å². The number of alkyl halides is 3. The van der Waals surface area contributed by atoms with Crippen LogP contribution in [-0.4, -0.2) is 59.8 Å². The van der Waals surface area contributed by atoms with E-state index < -0.39 is 42.1 Å². The molecule has 1 fully saturated rings. The Hall–Kier alpha value is -1.64. The Balaban J connectivity index is 2.35. The van der Waals surface area contributed by atoms with Crippen molar-refractivity contribution < 1.29 is 32.5 Å². The Bertz CT molecular complexity index is 633. The summed E-state index contributed by atoms with van der Waals surface area (Å²) in [4.78, 5) is 13.5. The molecule has 1 aliphatic rings. The molecule has 1 amide bonds. The molecule has 1 aromatic carbocycles. The lowest BCUT2D eigenvalue weighted by Crippen LogP contribution is -2.60. The van der Waals surface area contributed by atoms with Gasteiger partial charge in [0, 0.05) is 14.1 Å². The topological polar surface area (TPSA) is 59.0 Å². The Morgan fingerprint density at radius 2 is 1.77 bits per heavy atom. The molecule has 1 aromatic rings. The number of rotatable bonds is 5. The van der Waals surface area contributed by atoms with Gasteiger partial charge < -0.3 is 19.5 Å². The summed E-state index contributed by atoms with van der Waals surface area (Å²) in [6.45, 7) is 2.83. The molecular formula is C18H24F3NO4. The molecule has 0 spiro atoms. The predicted molar refractivity (Wildman–Crippen MR) is 88.3 cm³/mol. The minimum atomic E-state index is -5.00. The third kappa shape index (κ3) is 4.19. The van der Waals surface area contributed by atoms with Crippen LogP contribution in [-0.2, 0) is 20.7 Å². The number of benzene rings is 1. The van der Waals surface area contributed by atoms with Crippen LogP contribution in [0.1, 0.15) is 25.8 Å². The molecule has 1 N–H and O–H groups in total. The van der Waals surface area contributed by atoms with Gasteiger partial charge in [0.15, 0.2) is 17.5 Å². The second-order valence-electron chi connectivity index (χ2n) is 7.12. The van der Waals surface area contributed by atoms with Gasteiger partial charge in [0.1, 0.15) is 6.10 Å². The predicted octanol–water partition coefficient (Wildman–Crippen LogP) is 2.52. The molecule has 0 radical (unpaired) electrons. The van der Waals surface area contributed by atoms with Crippen LogP contribution >= 0.6 is 0 Å². The number of aryl methyl sites for hydroxylation is 1. The smallest absolute Gasteiger partial charge is 0.378 e. The summed E-state index contributed by atoms with van der Waals surface area (Å²) in [5, 5.41) is 10.6. The van der Waals surface area contributed by atoms with Crippen molar-refractivity contribution >= 4 is 5.91 Å². The molecule has 0 bridgehead atoms. The van der Waals surface area contributed by atoms with Crippen LogP contribution in [0.4, 0.5) is 13.2 Å². The van der Waals surface area contributed by atoms with Crippen molar-refractivity contribution in [3.63, 3.8) is 0 Å². The van der Waals surface area contributed by atoms with E-state index in [4.69, 9.17) is 9.47 Å². The van der Waals surface area contributed by atoms with Gasteiger partial charge in [-0.15, -0.1) is 0 Å². The van der Waals surface area contributed by atoms with Crippen molar-refractivity contribution in [1.82, 2.24) is 4.90 Å². The van der Waals surface area contributed by atoms with Crippen LogP contribution in [0, 0.1) is 0 Å². The van der Waals surface area contributed by atoms with Gasteiger partial charge in [-0.3, -0.25) is 4.79 Å². The Morgan fingerprint density at radius 3 is 2.27 bits per heavy atom. The maximum absolute atomic E-state index is 13.8. The number of carbonyl (C=O) groups excluding carboxylic acids is 1. The molecule has 1 heterocycles. The number of aliphatic hydroxyl groups is 1. The number of nitrogens with zero attached hydrogens (tertiary/aromatic N) is 1. The number of amides is 1. The van der Waals surface area contributed by atoms with E-state index in [9.17, 15) is 23.1 Å². The van der Waals surface area contributed by atoms with Crippen LogP contribution in [0.5, 0.6) is 0 Å². The van der Waals surface area contributed by atoms with E-state index >= 15 is 0 Å². The first-order valence-corrected chi connectivity index (χ1v) is 8.27. The number of halogens is 3. The fraction of sp³-hybridized carbons (Fsp3) is 0.611. The molecule has 0 unspecified atom stereocenters. The van der Waals surface area contributed by atoms with Crippen molar-refractivity contribution in [2.24, 2.45) is 0 Å². The molecule has 2 rings (SSSR count). The summed E-state index contributed by atoms with van der Waals surface area (Å²) in [6.07, 6.45) is -9.10. The van der Waals surface area contributed by atoms with Crippen molar-refractivity contribution in [3.8, 4) is 0 Å². The monoisotopic (exact) mass is 375 g/mol. The standard InChI is InChI=1S/C18H24F3NO4/c1-16(2)25-13(15(23)22(3)4)14(26-16)17(24,18(19,20)21)11-10-12-8-6-5-7-9-12/h5-9,13-14,24H,10-11H2,1-4H3/t13-,14-,17+/m1/s1. The lowest BCUT2D eigenvalue weighted by atomic mass is 9.85. The maximum Gasteiger partial charge on any atom is 0.419 e. The maximum atomic E-state index is 13.8. The number of hydrogen-bond acceptors (Lipinski definition) is 4. The average Bonchev–Trinajstić information content (AvgIpc) is 2.87. The van der Waals surface area contributed by atoms with Gasteiger partial charge in [0.25, 0.3) is 5.91 Å². The zero-order valence-corrected chi connectivity index (χ0v) is 15.2. The highest BCUT2D eigenvalue weighted by Crippen LogP contribution is 2.45. The number of hydrogen-bond donors (Lipinski definition) is 1. The number of carbonyl (C=O) groups is 1. The fourth-order valence-corrected chi connectivity index (χ4v) is 2.97. The lowest BCUT2D eigenvalue weighted by molar-refractivity contribution is -0.301. The quantitative estimate of drug-likeness (QED) is 0.859. The molecule has 0 saturated carbocycles. The molecule has 0 aliphatic carbocycles. The normalized spacial score (nSPS) is 24.9. The lowest BCUT2D eigenvalue weighted by Gasteiger charge is -2.37. The zero-order valence-electron chi connectivity index (χ0n) is 15.2. The first-order chi connectivity index (χ1) is 11.9. The molecular weight excluding hydrogens is 351 g/mol. The first kappa shape index (κ1) is 20.7. The molecule has 146 valence electrons. The van der Waals surface area contributed by atoms with E-state index in [1.54, 1.807) is 30.3 Å². The molecule has 26 heavy (non-hydrogen) atoms. The SMILES string of the molecule is CN(C)C(=O)[C@@H]1OC(C)(C)O[C@H]1[C@@](O)(CCc1ccccc1)C(F)(F)F. The third-order valence-corrected chi connectivity index (χ3v) is 4.38. The Morgan fingerprint density at radius 1 is 1.19 bits per heavy atom. The van der Waals surface area contributed by atoms with E-state index in [0.717, 1.165) is 4.90 Å². The summed E-state index contributed by atoms with van der Waals surface area (Å²) in [5.74, 6) is -2.12. The molecule has 3 atom stereocenters. The zero-order chi connectivity index (χ0) is 19.8. The van der Waals surface area contributed by atoms with Crippen LogP contribution in [0.25, 0.3) is 0 Å². The van der Waals surface area contributed by atoms with E-state index in [1.165, 1.54) is 27.9 Å². The summed E-state index contributed by atoms with van der Waals surface area (Å²) in [5.41, 5.74) is -2.59. The van der Waals surface area contributed by atoms with Gasteiger partial charge in [-0.2, -0.15) is 13.2 Å². The van der Waals surface area contributed by atoms with E-state index in [1.807, 2.05) is 0 Å². The number of ether oxygens (including phenoxy) is 2. The molecule has 8 heteroatoms. The highest BCUT2D eigenvalue weighted by Gasteiger charge is 2.66. The highest BCUT2D eigenvalue weighted by atomic mass is 19.4. The van der Waals surface area contributed by atoms with Crippen LogP contribution in [0.2, 0.25) is 0 Å². The van der Waals surface area contributed by atoms with Crippen LogP contribution in [0.3, 0.4) is 0 Å². The Labute approximate surface area is 150 Å². The minimum absolute atomic E-state index is 0.0278. The minimum Gasteiger partial charge on any atom is -0.378 e. The van der Waals surface area contributed by atoms with Gasteiger partial charge in [-0.05, 0) is 32.3 Å². The highest BCUT2D eigenvalue weighted by molar-refractivity contribution is 5.81. The van der Waals surface area contributed by atoms with Crippen molar-refractivity contribution in [3.05, 3.63) is 35.9 Å². The average molecular weight is 375 g/mol. The van der Waals surface area contributed by atoms with E-state index in [0.29, 0.717) is 5.56 Å². The molecule has 1 aliphatic heterocycles. The van der Waals surface area contributed by atoms with Gasteiger partial charge in [0.2, 0.25) is 0 Å². The number of likely N-dealkylation sites (N-methyl/N-ethyl adjacent to an activating group) is 1. The van der Waals surface area contributed by atoms with E-state index in [-0.39, 0.29) is 6.42 Å². The second-order valence-corrected chi connectivity index (χ2v) is 7.12. The Kier molecular flexibility index (Phi) is 5.70. The summed E-state index contributed by atoms with van der Waals surface area (Å²) in [7, 11) is 2.81. The van der Waals surface area contributed by atoms with Gasteiger partial charge >= 0.3 is 6.18 Å². The largest absolute Gasteiger partial charge is 0.419 e. The van der Waals surface area contributed by atoms with Crippen LogP contribution in [0.15, 0.2) is 30.3 Å². The molecule has 0 aromatic heterocycles. The third-order valence-electron chi connectivity index (χ3n) is 4.38. The second kappa shape index (κ2) is 7.17. The van der Waals surface area contributed by atoms with Crippen molar-refractivity contribution in [2.45, 2.75) is 56.5 Å². The summed E-state index contributed by atoms with van der Waals surface area (Å²) < 4.78 is 52.3. The van der Waals surface area contributed by atoms with Crippen LogP contribution < -0.4 is 0 Å². The van der Waals surface area contributed by atoms with Crippen molar-refractivity contribution in [1.29, 1.82) is 0 Å². The summed E-state index contributed by atoms with van der Waals surface area (Å²) >= 11 is 0. The van der Waals surface area contributed by atoms with E-state index in [2.05, 4.69) is 0 Å². The van der Waals surface area contributed by atoms with Gasteiger partial charge in [-0.1, -0.05) is 30.3 Å². The molecule has 5 nitrogen and oxygen atoms in total. The summed E-state index contributed by atoms with van der Waals surface area (Å²) in [6, 6.07) is 8.52. The molecule has 1 saturated heterocycles.